The Balaban J connectivity index is 2.02. The molecule has 1 heterocycles. The predicted molar refractivity (Wildman–Crippen MR) is 79.4 cm³/mol. The lowest BCUT2D eigenvalue weighted by molar-refractivity contribution is -0.150. The van der Waals surface area contributed by atoms with Gasteiger partial charge in [0.15, 0.2) is 0 Å². The van der Waals surface area contributed by atoms with Gasteiger partial charge in [0.2, 0.25) is 5.88 Å². The average molecular weight is 293 g/mol. The van der Waals surface area contributed by atoms with Gasteiger partial charge in [-0.3, -0.25) is 4.79 Å². The fourth-order valence-electron chi connectivity index (χ4n) is 2.70. The molecule has 1 aliphatic carbocycles. The van der Waals surface area contributed by atoms with Crippen molar-refractivity contribution in [2.45, 2.75) is 52.1 Å². The maximum absolute atomic E-state index is 11.6. The molecule has 116 valence electrons. The van der Waals surface area contributed by atoms with E-state index in [0.29, 0.717) is 18.2 Å². The van der Waals surface area contributed by atoms with Crippen LogP contribution in [0.15, 0.2) is 12.4 Å². The number of hydrogen-bond donors (Lipinski definition) is 2. The Hall–Kier alpha value is -1.85. The third-order valence-electron chi connectivity index (χ3n) is 3.87. The zero-order valence-electron chi connectivity index (χ0n) is 12.6. The van der Waals surface area contributed by atoms with Crippen molar-refractivity contribution >= 4 is 11.8 Å². The van der Waals surface area contributed by atoms with E-state index in [1.165, 1.54) is 6.33 Å². The smallest absolute Gasteiger partial charge is 0.311 e. The molecule has 0 unspecified atom stereocenters. The first-order valence-electron chi connectivity index (χ1n) is 7.48. The van der Waals surface area contributed by atoms with E-state index in [0.717, 1.165) is 32.1 Å². The Kier molecular flexibility index (Phi) is 4.98. The summed E-state index contributed by atoms with van der Waals surface area (Å²) in [7, 11) is 0. The van der Waals surface area contributed by atoms with Crippen LogP contribution in [0.25, 0.3) is 0 Å². The van der Waals surface area contributed by atoms with Crippen LogP contribution in [0, 0.1) is 5.41 Å². The van der Waals surface area contributed by atoms with E-state index in [2.05, 4.69) is 15.3 Å². The van der Waals surface area contributed by atoms with Gasteiger partial charge in [0.05, 0.1) is 11.5 Å². The van der Waals surface area contributed by atoms with Gasteiger partial charge in [0.25, 0.3) is 0 Å². The fourth-order valence-corrected chi connectivity index (χ4v) is 2.70. The molecule has 1 aromatic rings. The number of carboxylic acids is 1. The van der Waals surface area contributed by atoms with E-state index in [4.69, 9.17) is 4.74 Å². The highest BCUT2D eigenvalue weighted by atomic mass is 16.5. The molecule has 1 aliphatic rings. The van der Waals surface area contributed by atoms with Crippen LogP contribution in [-0.2, 0) is 4.79 Å². The van der Waals surface area contributed by atoms with E-state index in [9.17, 15) is 9.90 Å². The number of carbonyl (C=O) groups is 1. The molecule has 0 spiro atoms. The summed E-state index contributed by atoms with van der Waals surface area (Å²) in [4.78, 5) is 19.8. The lowest BCUT2D eigenvalue weighted by Crippen LogP contribution is -2.39. The van der Waals surface area contributed by atoms with E-state index >= 15 is 0 Å². The molecular formula is C15H23N3O3. The molecule has 6 heteroatoms. The number of ether oxygens (including phenoxy) is 1. The van der Waals surface area contributed by atoms with Crippen LogP contribution in [0.4, 0.5) is 5.82 Å². The van der Waals surface area contributed by atoms with E-state index < -0.39 is 11.4 Å². The van der Waals surface area contributed by atoms with Gasteiger partial charge in [-0.05, 0) is 26.7 Å². The lowest BCUT2D eigenvalue weighted by atomic mass is 9.74. The number of hydrogen-bond acceptors (Lipinski definition) is 5. The van der Waals surface area contributed by atoms with Crippen LogP contribution in [-0.4, -0.2) is 33.7 Å². The summed E-state index contributed by atoms with van der Waals surface area (Å²) in [5.41, 5.74) is -0.678. The predicted octanol–water partition coefficient (Wildman–Crippen LogP) is 2.71. The topological polar surface area (TPSA) is 84.3 Å². The molecule has 2 N–H and O–H groups in total. The first kappa shape index (κ1) is 15.5. The molecular weight excluding hydrogens is 270 g/mol. The van der Waals surface area contributed by atoms with Crippen molar-refractivity contribution in [2.24, 2.45) is 5.41 Å². The summed E-state index contributed by atoms with van der Waals surface area (Å²) in [5, 5.41) is 12.7. The summed E-state index contributed by atoms with van der Waals surface area (Å²) < 4.78 is 5.51. The van der Waals surface area contributed by atoms with Gasteiger partial charge in [-0.25, -0.2) is 9.97 Å². The van der Waals surface area contributed by atoms with Gasteiger partial charge >= 0.3 is 5.97 Å². The van der Waals surface area contributed by atoms with Crippen LogP contribution in [0.2, 0.25) is 0 Å². The third kappa shape index (κ3) is 4.06. The Bertz CT molecular complexity index is 485. The molecule has 6 nitrogen and oxygen atoms in total. The summed E-state index contributed by atoms with van der Waals surface area (Å²) in [5.74, 6) is 0.379. The van der Waals surface area contributed by atoms with Crippen molar-refractivity contribution in [1.82, 2.24) is 9.97 Å². The highest BCUT2D eigenvalue weighted by molar-refractivity contribution is 5.75. The van der Waals surface area contributed by atoms with Crippen LogP contribution in [0.3, 0.4) is 0 Å². The van der Waals surface area contributed by atoms with Crippen molar-refractivity contribution in [3.8, 4) is 5.88 Å². The van der Waals surface area contributed by atoms with E-state index in [-0.39, 0.29) is 6.10 Å². The van der Waals surface area contributed by atoms with Crippen molar-refractivity contribution in [2.75, 3.05) is 11.9 Å². The van der Waals surface area contributed by atoms with Crippen LogP contribution < -0.4 is 10.1 Å². The molecule has 1 fully saturated rings. The Morgan fingerprint density at radius 1 is 1.38 bits per heavy atom. The average Bonchev–Trinajstić information content (AvgIpc) is 2.46. The minimum absolute atomic E-state index is 0.0384. The zero-order valence-corrected chi connectivity index (χ0v) is 12.6. The lowest BCUT2D eigenvalue weighted by Gasteiger charge is -2.33. The number of rotatable bonds is 6. The zero-order chi connectivity index (χ0) is 15.3. The second kappa shape index (κ2) is 6.74. The molecule has 0 atom stereocenters. The van der Waals surface area contributed by atoms with Crippen molar-refractivity contribution in [1.29, 1.82) is 0 Å². The summed E-state index contributed by atoms with van der Waals surface area (Å²) in [6, 6.07) is 1.71. The molecule has 1 saturated carbocycles. The van der Waals surface area contributed by atoms with Crippen molar-refractivity contribution in [3.05, 3.63) is 12.4 Å². The Morgan fingerprint density at radius 3 is 2.71 bits per heavy atom. The van der Waals surface area contributed by atoms with Gasteiger partial charge in [-0.1, -0.05) is 19.3 Å². The molecule has 2 rings (SSSR count). The molecule has 0 amide bonds. The van der Waals surface area contributed by atoms with Gasteiger partial charge in [0.1, 0.15) is 12.1 Å². The van der Waals surface area contributed by atoms with Crippen molar-refractivity contribution < 1.29 is 14.6 Å². The number of nitrogens with zero attached hydrogens (tertiary/aromatic N) is 2. The molecule has 0 aliphatic heterocycles. The summed E-state index contributed by atoms with van der Waals surface area (Å²) >= 11 is 0. The quantitative estimate of drug-likeness (QED) is 0.839. The van der Waals surface area contributed by atoms with Crippen LogP contribution in [0.1, 0.15) is 46.0 Å². The van der Waals surface area contributed by atoms with Gasteiger partial charge in [-0.2, -0.15) is 0 Å². The SMILES string of the molecule is CC(C)Oc1cc(NCC2(C(=O)O)CCCCC2)ncn1. The van der Waals surface area contributed by atoms with E-state index in [1.54, 1.807) is 6.07 Å². The standard InChI is InChI=1S/C15H23N3O3/c1-11(2)21-13-8-12(17-10-18-13)16-9-15(14(19)20)6-4-3-5-7-15/h8,10-11H,3-7,9H2,1-2H3,(H,19,20)(H,16,17,18). The normalized spacial score (nSPS) is 17.5. The highest BCUT2D eigenvalue weighted by Gasteiger charge is 2.39. The largest absolute Gasteiger partial charge is 0.481 e. The molecule has 0 saturated heterocycles. The third-order valence-corrected chi connectivity index (χ3v) is 3.87. The fraction of sp³-hybridized carbons (Fsp3) is 0.667. The number of nitrogens with one attached hydrogen (secondary N) is 1. The molecule has 21 heavy (non-hydrogen) atoms. The highest BCUT2D eigenvalue weighted by Crippen LogP contribution is 2.36. The Morgan fingerprint density at radius 2 is 2.10 bits per heavy atom. The first-order valence-corrected chi connectivity index (χ1v) is 7.48. The minimum atomic E-state index is -0.720. The minimum Gasteiger partial charge on any atom is -0.481 e. The Labute approximate surface area is 124 Å². The molecule has 0 radical (unpaired) electrons. The molecule has 1 aromatic heterocycles. The maximum Gasteiger partial charge on any atom is 0.311 e. The second-order valence-corrected chi connectivity index (χ2v) is 5.91. The first-order chi connectivity index (χ1) is 10.0. The summed E-state index contributed by atoms with van der Waals surface area (Å²) in [6.07, 6.45) is 5.96. The molecule has 0 aromatic carbocycles. The van der Waals surface area contributed by atoms with Crippen molar-refractivity contribution in [3.63, 3.8) is 0 Å². The van der Waals surface area contributed by atoms with E-state index in [1.807, 2.05) is 13.8 Å². The second-order valence-electron chi connectivity index (χ2n) is 5.91. The van der Waals surface area contributed by atoms with Crippen LogP contribution >= 0.6 is 0 Å². The van der Waals surface area contributed by atoms with Gasteiger partial charge in [0, 0.05) is 12.6 Å². The van der Waals surface area contributed by atoms with Crippen LogP contribution in [0.5, 0.6) is 5.88 Å². The number of carboxylic acid groups (broad SMARTS) is 1. The van der Waals surface area contributed by atoms with Gasteiger partial charge in [-0.15, -0.1) is 0 Å². The summed E-state index contributed by atoms with van der Waals surface area (Å²) in [6.45, 7) is 4.24. The number of aromatic nitrogens is 2. The number of aliphatic carboxylic acids is 1. The maximum atomic E-state index is 11.6. The number of anilines is 1. The van der Waals surface area contributed by atoms with Gasteiger partial charge < -0.3 is 15.2 Å². The monoisotopic (exact) mass is 293 g/mol. The molecule has 0 bridgehead atoms.